The van der Waals surface area contributed by atoms with Gasteiger partial charge in [0.1, 0.15) is 0 Å². The van der Waals surface area contributed by atoms with E-state index in [1.165, 1.54) is 10.6 Å². The first-order chi connectivity index (χ1) is 9.85. The zero-order valence-corrected chi connectivity index (χ0v) is 12.9. The van der Waals surface area contributed by atoms with Gasteiger partial charge in [-0.1, -0.05) is 35.9 Å². The van der Waals surface area contributed by atoms with Gasteiger partial charge in [0.25, 0.3) is 0 Å². The Morgan fingerprint density at radius 2 is 1.67 bits per heavy atom. The van der Waals surface area contributed by atoms with Crippen molar-refractivity contribution >= 4 is 10.0 Å². The van der Waals surface area contributed by atoms with Crippen molar-refractivity contribution in [2.45, 2.75) is 19.2 Å². The lowest BCUT2D eigenvalue weighted by Gasteiger charge is -2.08. The molecule has 1 aromatic carbocycles. The second-order valence-electron chi connectivity index (χ2n) is 5.05. The highest BCUT2D eigenvalue weighted by molar-refractivity contribution is 7.88. The van der Waals surface area contributed by atoms with Gasteiger partial charge in [-0.05, 0) is 18.1 Å². The van der Waals surface area contributed by atoms with Crippen LogP contribution in [0.5, 0.6) is 0 Å². The summed E-state index contributed by atoms with van der Waals surface area (Å²) in [5, 5.41) is 0. The highest BCUT2D eigenvalue weighted by atomic mass is 32.2. The van der Waals surface area contributed by atoms with Gasteiger partial charge in [-0.15, -0.1) is 0 Å². The Bertz CT molecular complexity index is 777. The van der Waals surface area contributed by atoms with Crippen LogP contribution in [0.4, 0.5) is 0 Å². The molecule has 0 amide bonds. The minimum atomic E-state index is -3.41. The Hall–Kier alpha value is -1.92. The van der Waals surface area contributed by atoms with E-state index in [2.05, 4.69) is 4.72 Å². The summed E-state index contributed by atoms with van der Waals surface area (Å²) in [5.41, 5.74) is 2.45. The molecule has 0 aliphatic carbocycles. The van der Waals surface area contributed by atoms with E-state index in [1.807, 2.05) is 19.1 Å². The van der Waals surface area contributed by atoms with E-state index in [-0.39, 0.29) is 17.9 Å². The molecule has 0 unspecified atom stereocenters. The summed E-state index contributed by atoms with van der Waals surface area (Å²) in [6.45, 7) is 2.12. The fraction of sp³-hybridized carbons (Fsp3) is 0.267. The Kier molecular flexibility index (Phi) is 4.59. The molecule has 21 heavy (non-hydrogen) atoms. The maximum atomic E-state index is 12.0. The fourth-order valence-corrected chi connectivity index (χ4v) is 3.02. The topological polar surface area (TPSA) is 68.2 Å². The molecule has 1 heterocycles. The van der Waals surface area contributed by atoms with Crippen LogP contribution in [0.25, 0.3) is 0 Å². The molecule has 0 bridgehead atoms. The molecule has 0 aliphatic heterocycles. The smallest absolute Gasteiger partial charge is 0.250 e. The second kappa shape index (κ2) is 6.24. The van der Waals surface area contributed by atoms with E-state index >= 15 is 0 Å². The summed E-state index contributed by atoms with van der Waals surface area (Å²) < 4.78 is 28.0. The number of sulfonamides is 1. The normalized spacial score (nSPS) is 11.5. The third kappa shape index (κ3) is 4.54. The highest BCUT2D eigenvalue weighted by Crippen LogP contribution is 2.07. The monoisotopic (exact) mass is 306 g/mol. The second-order valence-corrected chi connectivity index (χ2v) is 6.86. The first-order valence-electron chi connectivity index (χ1n) is 6.54. The fourth-order valence-electron chi connectivity index (χ4n) is 1.90. The van der Waals surface area contributed by atoms with Crippen molar-refractivity contribution in [1.82, 2.24) is 9.29 Å². The van der Waals surface area contributed by atoms with Gasteiger partial charge in [-0.3, -0.25) is 4.79 Å². The van der Waals surface area contributed by atoms with Gasteiger partial charge in [0, 0.05) is 25.9 Å². The molecule has 6 heteroatoms. The Labute approximate surface area is 124 Å². The van der Waals surface area contributed by atoms with Crippen molar-refractivity contribution < 1.29 is 8.42 Å². The number of hydrogen-bond donors (Lipinski definition) is 1. The predicted molar refractivity (Wildman–Crippen MR) is 82.3 cm³/mol. The molecule has 0 fully saturated rings. The highest BCUT2D eigenvalue weighted by Gasteiger charge is 2.11. The average molecular weight is 306 g/mol. The third-order valence-electron chi connectivity index (χ3n) is 3.12. The minimum Gasteiger partial charge on any atom is -0.318 e. The van der Waals surface area contributed by atoms with Crippen molar-refractivity contribution in [2.75, 3.05) is 0 Å². The van der Waals surface area contributed by atoms with Crippen molar-refractivity contribution in [3.63, 3.8) is 0 Å². The van der Waals surface area contributed by atoms with E-state index in [1.54, 1.807) is 31.4 Å². The molecule has 112 valence electrons. The van der Waals surface area contributed by atoms with Crippen molar-refractivity contribution in [2.24, 2.45) is 7.05 Å². The molecule has 0 radical (unpaired) electrons. The predicted octanol–water partition coefficient (Wildman–Crippen LogP) is 1.31. The van der Waals surface area contributed by atoms with Crippen molar-refractivity contribution in [3.05, 3.63) is 69.6 Å². The summed E-state index contributed by atoms with van der Waals surface area (Å²) in [6, 6.07) is 10.4. The average Bonchev–Trinajstić information content (AvgIpc) is 2.43. The third-order valence-corrected chi connectivity index (χ3v) is 4.42. The molecule has 5 nitrogen and oxygen atoms in total. The minimum absolute atomic E-state index is 0.0565. The van der Waals surface area contributed by atoms with Crippen LogP contribution in [0.3, 0.4) is 0 Å². The number of aromatic nitrogens is 1. The Balaban J connectivity index is 2.02. The zero-order valence-electron chi connectivity index (χ0n) is 12.0. The van der Waals surface area contributed by atoms with E-state index < -0.39 is 10.0 Å². The largest absolute Gasteiger partial charge is 0.318 e. The molecular weight excluding hydrogens is 288 g/mol. The van der Waals surface area contributed by atoms with Crippen LogP contribution < -0.4 is 10.3 Å². The molecule has 0 spiro atoms. The quantitative estimate of drug-likeness (QED) is 0.905. The maximum Gasteiger partial charge on any atom is 0.250 e. The first-order valence-corrected chi connectivity index (χ1v) is 8.19. The van der Waals surface area contributed by atoms with E-state index in [9.17, 15) is 13.2 Å². The van der Waals surface area contributed by atoms with Crippen LogP contribution in [0.2, 0.25) is 0 Å². The summed E-state index contributed by atoms with van der Waals surface area (Å²) in [7, 11) is -1.77. The Morgan fingerprint density at radius 3 is 2.29 bits per heavy atom. The van der Waals surface area contributed by atoms with Gasteiger partial charge >= 0.3 is 0 Å². The van der Waals surface area contributed by atoms with Crippen LogP contribution in [0, 0.1) is 6.92 Å². The number of benzene rings is 1. The van der Waals surface area contributed by atoms with Gasteiger partial charge in [0.2, 0.25) is 15.6 Å². The summed E-state index contributed by atoms with van der Waals surface area (Å²) >= 11 is 0. The lowest BCUT2D eigenvalue weighted by molar-refractivity contribution is 0.580. The maximum absolute atomic E-state index is 12.0. The molecule has 2 rings (SSSR count). The molecule has 0 atom stereocenters. The van der Waals surface area contributed by atoms with Gasteiger partial charge in [-0.2, -0.15) is 0 Å². The van der Waals surface area contributed by atoms with Crippen LogP contribution in [-0.2, 0) is 29.4 Å². The zero-order chi connectivity index (χ0) is 15.5. The summed E-state index contributed by atoms with van der Waals surface area (Å²) in [5.74, 6) is -0.0565. The van der Waals surface area contributed by atoms with E-state index in [0.717, 1.165) is 16.7 Å². The molecule has 1 N–H and O–H groups in total. The van der Waals surface area contributed by atoms with Crippen LogP contribution in [0.1, 0.15) is 16.7 Å². The number of aryl methyl sites for hydroxylation is 2. The van der Waals surface area contributed by atoms with Gasteiger partial charge in [0.05, 0.1) is 5.75 Å². The van der Waals surface area contributed by atoms with Crippen molar-refractivity contribution in [3.8, 4) is 0 Å². The van der Waals surface area contributed by atoms with E-state index in [4.69, 9.17) is 0 Å². The molecule has 0 saturated heterocycles. The standard InChI is InChI=1S/C15H18N2O3S/c1-12-3-5-13(6-4-12)11-21(19,20)16-9-14-7-8-15(18)17(2)10-14/h3-8,10,16H,9,11H2,1-2H3. The van der Waals surface area contributed by atoms with Crippen LogP contribution >= 0.6 is 0 Å². The molecule has 2 aromatic rings. The lowest BCUT2D eigenvalue weighted by atomic mass is 10.2. The molecule has 0 aliphatic rings. The van der Waals surface area contributed by atoms with Crippen LogP contribution in [0.15, 0.2) is 47.4 Å². The molecule has 0 saturated carbocycles. The number of nitrogens with one attached hydrogen (secondary N) is 1. The summed E-state index contributed by atoms with van der Waals surface area (Å²) in [4.78, 5) is 11.3. The summed E-state index contributed by atoms with van der Waals surface area (Å²) in [6.07, 6.45) is 1.62. The number of rotatable bonds is 5. The first kappa shape index (κ1) is 15.5. The lowest BCUT2D eigenvalue weighted by Crippen LogP contribution is -2.25. The van der Waals surface area contributed by atoms with Gasteiger partial charge in [0.15, 0.2) is 0 Å². The Morgan fingerprint density at radius 1 is 1.05 bits per heavy atom. The SMILES string of the molecule is Cc1ccc(CS(=O)(=O)NCc2ccc(=O)n(C)c2)cc1. The van der Waals surface area contributed by atoms with Gasteiger partial charge < -0.3 is 4.57 Å². The van der Waals surface area contributed by atoms with E-state index in [0.29, 0.717) is 0 Å². The number of hydrogen-bond acceptors (Lipinski definition) is 3. The van der Waals surface area contributed by atoms with Crippen molar-refractivity contribution in [1.29, 1.82) is 0 Å². The number of pyridine rings is 1. The molecule has 1 aromatic heterocycles. The molecular formula is C15H18N2O3S. The van der Waals surface area contributed by atoms with Crippen LogP contribution in [-0.4, -0.2) is 13.0 Å². The number of nitrogens with zero attached hydrogens (tertiary/aromatic N) is 1. The van der Waals surface area contributed by atoms with Gasteiger partial charge in [-0.25, -0.2) is 13.1 Å².